The fourth-order valence-corrected chi connectivity index (χ4v) is 1.18. The van der Waals surface area contributed by atoms with Gasteiger partial charge in [-0.25, -0.2) is 0 Å². The second-order valence-electron chi connectivity index (χ2n) is 2.62. The van der Waals surface area contributed by atoms with E-state index >= 15 is 0 Å². The highest BCUT2D eigenvalue weighted by atomic mass is 16.5. The van der Waals surface area contributed by atoms with Gasteiger partial charge in [0.2, 0.25) is 0 Å². The summed E-state index contributed by atoms with van der Waals surface area (Å²) in [5.74, 6) is 0. The van der Waals surface area contributed by atoms with Crippen LogP contribution < -0.4 is 5.73 Å². The van der Waals surface area contributed by atoms with Crippen molar-refractivity contribution in [3.63, 3.8) is 0 Å². The molecule has 0 fully saturated rings. The van der Waals surface area contributed by atoms with Crippen LogP contribution in [0, 0.1) is 0 Å². The van der Waals surface area contributed by atoms with E-state index in [9.17, 15) is 0 Å². The van der Waals surface area contributed by atoms with Crippen LogP contribution >= 0.6 is 0 Å². The van der Waals surface area contributed by atoms with E-state index in [-0.39, 0.29) is 0 Å². The second-order valence-corrected chi connectivity index (χ2v) is 2.62. The fraction of sp³-hybridized carbons (Fsp3) is 0.625. The molecule has 1 heterocycles. The van der Waals surface area contributed by atoms with E-state index in [0.717, 1.165) is 24.3 Å². The number of nitrogens with zero attached hydrogens (tertiary/aromatic N) is 2. The first-order chi connectivity index (χ1) is 5.79. The molecule has 0 atom stereocenters. The normalized spacial score (nSPS) is 10.5. The van der Waals surface area contributed by atoms with Crippen molar-refractivity contribution < 1.29 is 4.74 Å². The predicted octanol–water partition coefficient (Wildman–Crippen LogP) is 0.674. The zero-order valence-corrected chi connectivity index (χ0v) is 7.58. The molecule has 1 aromatic rings. The van der Waals surface area contributed by atoms with Gasteiger partial charge in [-0.05, 0) is 6.42 Å². The zero-order chi connectivity index (χ0) is 8.97. The number of hydrogen-bond acceptors (Lipinski definition) is 3. The maximum atomic E-state index is 5.70. The van der Waals surface area contributed by atoms with Crippen molar-refractivity contribution in [2.24, 2.45) is 0 Å². The third-order valence-corrected chi connectivity index (χ3v) is 1.82. The van der Waals surface area contributed by atoms with Crippen LogP contribution in [-0.2, 0) is 17.7 Å². The summed E-state index contributed by atoms with van der Waals surface area (Å²) in [4.78, 5) is 0. The van der Waals surface area contributed by atoms with E-state index in [1.807, 2.05) is 4.68 Å². The second kappa shape index (κ2) is 4.11. The molecule has 12 heavy (non-hydrogen) atoms. The molecule has 2 N–H and O–H groups in total. The molecule has 0 aliphatic heterocycles. The zero-order valence-electron chi connectivity index (χ0n) is 7.58. The minimum absolute atomic E-state index is 0.675. The average molecular weight is 169 g/mol. The summed E-state index contributed by atoms with van der Waals surface area (Å²) in [6.07, 6.45) is 2.60. The van der Waals surface area contributed by atoms with Crippen molar-refractivity contribution in [3.05, 3.63) is 11.9 Å². The Morgan fingerprint density at radius 2 is 2.42 bits per heavy atom. The Balaban J connectivity index is 2.70. The van der Waals surface area contributed by atoms with Gasteiger partial charge < -0.3 is 10.5 Å². The summed E-state index contributed by atoms with van der Waals surface area (Å²) >= 11 is 0. The monoisotopic (exact) mass is 169 g/mol. The quantitative estimate of drug-likeness (QED) is 0.721. The van der Waals surface area contributed by atoms with Crippen molar-refractivity contribution in [1.29, 1.82) is 0 Å². The Morgan fingerprint density at radius 1 is 1.67 bits per heavy atom. The number of nitrogen functional groups attached to an aromatic ring is 1. The van der Waals surface area contributed by atoms with Gasteiger partial charge in [0.25, 0.3) is 0 Å². The third-order valence-electron chi connectivity index (χ3n) is 1.82. The minimum Gasteiger partial charge on any atom is -0.396 e. The molecule has 0 saturated carbocycles. The molecule has 1 aromatic heterocycles. The molecule has 0 unspecified atom stereocenters. The molecule has 0 aliphatic carbocycles. The van der Waals surface area contributed by atoms with Gasteiger partial charge in [-0.1, -0.05) is 6.92 Å². The van der Waals surface area contributed by atoms with Crippen LogP contribution in [-0.4, -0.2) is 23.5 Å². The Hall–Kier alpha value is -1.03. The van der Waals surface area contributed by atoms with Gasteiger partial charge in [-0.3, -0.25) is 4.68 Å². The summed E-state index contributed by atoms with van der Waals surface area (Å²) in [5.41, 5.74) is 7.56. The van der Waals surface area contributed by atoms with Crippen LogP contribution in [0.4, 0.5) is 5.69 Å². The molecule has 4 nitrogen and oxygen atoms in total. The van der Waals surface area contributed by atoms with Crippen molar-refractivity contribution in [2.45, 2.75) is 19.9 Å². The number of nitrogens with two attached hydrogens (primary N) is 1. The average Bonchev–Trinajstić information content (AvgIpc) is 2.43. The standard InChI is InChI=1S/C8H15N3O/c1-3-8-7(9)6-10-11(8)4-5-12-2/h6H,3-5,9H2,1-2H3. The Morgan fingerprint density at radius 3 is 3.00 bits per heavy atom. The highest BCUT2D eigenvalue weighted by Gasteiger charge is 2.04. The van der Waals surface area contributed by atoms with Crippen LogP contribution in [0.5, 0.6) is 0 Å². The number of methoxy groups -OCH3 is 1. The molecule has 0 bridgehead atoms. The molecular weight excluding hydrogens is 154 g/mol. The van der Waals surface area contributed by atoms with E-state index in [1.54, 1.807) is 13.3 Å². The highest BCUT2D eigenvalue weighted by Crippen LogP contribution is 2.10. The lowest BCUT2D eigenvalue weighted by Crippen LogP contribution is -2.09. The molecule has 0 spiro atoms. The Kier molecular flexibility index (Phi) is 3.10. The van der Waals surface area contributed by atoms with Gasteiger partial charge in [0.1, 0.15) is 0 Å². The van der Waals surface area contributed by atoms with Gasteiger partial charge in [0.15, 0.2) is 0 Å². The Labute approximate surface area is 72.3 Å². The van der Waals surface area contributed by atoms with Crippen molar-refractivity contribution in [3.8, 4) is 0 Å². The molecule has 1 rings (SSSR count). The van der Waals surface area contributed by atoms with E-state index in [2.05, 4.69) is 12.0 Å². The number of anilines is 1. The van der Waals surface area contributed by atoms with Gasteiger partial charge in [0, 0.05) is 7.11 Å². The van der Waals surface area contributed by atoms with Gasteiger partial charge >= 0.3 is 0 Å². The lowest BCUT2D eigenvalue weighted by Gasteiger charge is -2.04. The molecule has 0 aromatic carbocycles. The Bertz CT molecular complexity index is 244. The first-order valence-electron chi connectivity index (χ1n) is 4.08. The molecule has 68 valence electrons. The molecule has 0 aliphatic rings. The van der Waals surface area contributed by atoms with Crippen LogP contribution in [0.2, 0.25) is 0 Å². The number of ether oxygens (including phenoxy) is 1. The maximum absolute atomic E-state index is 5.70. The predicted molar refractivity (Wildman–Crippen MR) is 47.9 cm³/mol. The molecular formula is C8H15N3O. The smallest absolute Gasteiger partial charge is 0.0732 e. The minimum atomic E-state index is 0.675. The molecule has 0 amide bonds. The number of aromatic nitrogens is 2. The number of rotatable bonds is 4. The first-order valence-corrected chi connectivity index (χ1v) is 4.08. The molecule has 0 radical (unpaired) electrons. The lowest BCUT2D eigenvalue weighted by atomic mass is 10.3. The summed E-state index contributed by atoms with van der Waals surface area (Å²) < 4.78 is 6.84. The fourth-order valence-electron chi connectivity index (χ4n) is 1.18. The topological polar surface area (TPSA) is 53.1 Å². The van der Waals surface area contributed by atoms with Crippen LogP contribution in [0.1, 0.15) is 12.6 Å². The summed E-state index contributed by atoms with van der Waals surface area (Å²) in [7, 11) is 1.68. The summed E-state index contributed by atoms with van der Waals surface area (Å²) in [6, 6.07) is 0. The molecule has 0 saturated heterocycles. The van der Waals surface area contributed by atoms with Crippen molar-refractivity contribution in [1.82, 2.24) is 9.78 Å². The lowest BCUT2D eigenvalue weighted by molar-refractivity contribution is 0.182. The molecule has 4 heteroatoms. The third kappa shape index (κ3) is 1.76. The van der Waals surface area contributed by atoms with Gasteiger partial charge in [-0.15, -0.1) is 0 Å². The van der Waals surface area contributed by atoms with E-state index in [4.69, 9.17) is 10.5 Å². The van der Waals surface area contributed by atoms with Gasteiger partial charge in [-0.2, -0.15) is 5.10 Å². The van der Waals surface area contributed by atoms with E-state index in [1.165, 1.54) is 0 Å². The number of hydrogen-bond donors (Lipinski definition) is 1. The van der Waals surface area contributed by atoms with Crippen LogP contribution in [0.3, 0.4) is 0 Å². The van der Waals surface area contributed by atoms with Gasteiger partial charge in [0.05, 0.1) is 30.7 Å². The first kappa shape index (κ1) is 9.06. The summed E-state index contributed by atoms with van der Waals surface area (Å²) in [5, 5.41) is 4.14. The van der Waals surface area contributed by atoms with Crippen LogP contribution in [0.25, 0.3) is 0 Å². The largest absolute Gasteiger partial charge is 0.396 e. The summed E-state index contributed by atoms with van der Waals surface area (Å²) in [6.45, 7) is 3.52. The van der Waals surface area contributed by atoms with Crippen molar-refractivity contribution in [2.75, 3.05) is 19.5 Å². The van der Waals surface area contributed by atoms with Crippen LogP contribution in [0.15, 0.2) is 6.20 Å². The van der Waals surface area contributed by atoms with E-state index in [0.29, 0.717) is 6.61 Å². The van der Waals surface area contributed by atoms with Crippen molar-refractivity contribution >= 4 is 5.69 Å². The SMILES string of the molecule is CCc1c(N)cnn1CCOC. The highest BCUT2D eigenvalue weighted by molar-refractivity contribution is 5.40. The van der Waals surface area contributed by atoms with E-state index < -0.39 is 0 Å². The maximum Gasteiger partial charge on any atom is 0.0732 e.